The summed E-state index contributed by atoms with van der Waals surface area (Å²) in [5, 5.41) is 0. The zero-order valence-electron chi connectivity index (χ0n) is 12.0. The molecule has 0 N–H and O–H groups in total. The highest BCUT2D eigenvalue weighted by Crippen LogP contribution is 2.54. The van der Waals surface area contributed by atoms with E-state index in [-0.39, 0.29) is 17.3 Å². The standard InChI is InChI=1S/C17H21ClO2/c1-20-17-9-6-16(7-10-17,8-11-17)14-4-2-13(3-5-14)15(19)12-18/h2-5H,6-12H2,1H3. The number of carbonyl (C=O) groups excluding carboxylic acids is 1. The van der Waals surface area contributed by atoms with Gasteiger partial charge in [-0.1, -0.05) is 24.3 Å². The summed E-state index contributed by atoms with van der Waals surface area (Å²) in [6, 6.07) is 8.12. The number of methoxy groups -OCH3 is 1. The van der Waals surface area contributed by atoms with Gasteiger partial charge in [0.25, 0.3) is 0 Å². The van der Waals surface area contributed by atoms with Crippen LogP contribution in [0.25, 0.3) is 0 Å². The molecule has 0 aromatic heterocycles. The smallest absolute Gasteiger partial charge is 0.177 e. The topological polar surface area (TPSA) is 26.3 Å². The number of hydrogen-bond acceptors (Lipinski definition) is 2. The Balaban J connectivity index is 1.82. The monoisotopic (exact) mass is 292 g/mol. The van der Waals surface area contributed by atoms with Crippen molar-refractivity contribution in [1.82, 2.24) is 0 Å². The van der Waals surface area contributed by atoms with Crippen LogP contribution in [-0.2, 0) is 10.2 Å². The molecular formula is C17H21ClO2. The van der Waals surface area contributed by atoms with Crippen LogP contribution < -0.4 is 0 Å². The van der Waals surface area contributed by atoms with Gasteiger partial charge < -0.3 is 4.74 Å². The van der Waals surface area contributed by atoms with Crippen molar-refractivity contribution in [3.63, 3.8) is 0 Å². The van der Waals surface area contributed by atoms with Crippen LogP contribution in [0.1, 0.15) is 54.4 Å². The summed E-state index contributed by atoms with van der Waals surface area (Å²) in [7, 11) is 1.85. The van der Waals surface area contributed by atoms with E-state index in [1.54, 1.807) is 0 Å². The first kappa shape index (κ1) is 14.1. The number of Topliss-reactive ketones (excluding diaryl/α,β-unsaturated/α-hetero) is 1. The molecule has 3 fully saturated rings. The van der Waals surface area contributed by atoms with Crippen molar-refractivity contribution in [3.8, 4) is 0 Å². The van der Waals surface area contributed by atoms with Crippen molar-refractivity contribution in [2.24, 2.45) is 0 Å². The Morgan fingerprint density at radius 2 is 1.65 bits per heavy atom. The second kappa shape index (κ2) is 5.16. The summed E-state index contributed by atoms with van der Waals surface area (Å²) >= 11 is 5.60. The predicted octanol–water partition coefficient (Wildman–Crippen LogP) is 4.10. The van der Waals surface area contributed by atoms with E-state index in [4.69, 9.17) is 16.3 Å². The van der Waals surface area contributed by atoms with Crippen LogP contribution in [0, 0.1) is 0 Å². The Kier molecular flexibility index (Phi) is 3.64. The van der Waals surface area contributed by atoms with E-state index < -0.39 is 0 Å². The number of fused-ring (bicyclic) bond motifs is 3. The summed E-state index contributed by atoms with van der Waals surface area (Å²) in [5.41, 5.74) is 2.56. The van der Waals surface area contributed by atoms with E-state index in [0.717, 1.165) is 24.8 Å². The number of hydrogen-bond donors (Lipinski definition) is 0. The largest absolute Gasteiger partial charge is 0.378 e. The Morgan fingerprint density at radius 1 is 1.10 bits per heavy atom. The molecule has 0 unspecified atom stereocenters. The van der Waals surface area contributed by atoms with Gasteiger partial charge in [0.15, 0.2) is 5.78 Å². The number of benzene rings is 1. The number of rotatable bonds is 4. The molecule has 0 saturated heterocycles. The van der Waals surface area contributed by atoms with Gasteiger partial charge in [0.2, 0.25) is 0 Å². The number of ether oxygens (including phenoxy) is 1. The highest BCUT2D eigenvalue weighted by molar-refractivity contribution is 6.30. The average Bonchev–Trinajstić information content (AvgIpc) is 2.56. The molecular weight excluding hydrogens is 272 g/mol. The molecule has 2 bridgehead atoms. The SMILES string of the molecule is COC12CCC(c3ccc(C(=O)CCl)cc3)(CC1)CC2. The third kappa shape index (κ3) is 2.19. The zero-order chi connectivity index (χ0) is 14.2. The van der Waals surface area contributed by atoms with Crippen LogP contribution in [-0.4, -0.2) is 24.4 Å². The number of ketones is 1. The molecule has 0 atom stereocenters. The maximum atomic E-state index is 11.6. The highest BCUT2D eigenvalue weighted by Gasteiger charge is 2.49. The number of alkyl halides is 1. The van der Waals surface area contributed by atoms with E-state index in [1.807, 2.05) is 19.2 Å². The fourth-order valence-corrected chi connectivity index (χ4v) is 4.13. The first-order valence-corrected chi connectivity index (χ1v) is 7.91. The highest BCUT2D eigenvalue weighted by atomic mass is 35.5. The van der Waals surface area contributed by atoms with Crippen molar-refractivity contribution < 1.29 is 9.53 Å². The van der Waals surface area contributed by atoms with Gasteiger partial charge >= 0.3 is 0 Å². The van der Waals surface area contributed by atoms with E-state index in [0.29, 0.717) is 5.41 Å². The van der Waals surface area contributed by atoms with E-state index in [1.165, 1.54) is 24.8 Å². The van der Waals surface area contributed by atoms with Gasteiger partial charge in [-0.05, 0) is 49.5 Å². The van der Waals surface area contributed by atoms with Crippen LogP contribution in [0.4, 0.5) is 0 Å². The van der Waals surface area contributed by atoms with Gasteiger partial charge in [-0.15, -0.1) is 11.6 Å². The van der Waals surface area contributed by atoms with Crippen LogP contribution in [0.2, 0.25) is 0 Å². The zero-order valence-corrected chi connectivity index (χ0v) is 12.7. The Bertz CT molecular complexity index is 482. The molecule has 3 heteroatoms. The minimum Gasteiger partial charge on any atom is -0.378 e. The van der Waals surface area contributed by atoms with Gasteiger partial charge in [-0.3, -0.25) is 4.79 Å². The van der Waals surface area contributed by atoms with Crippen molar-refractivity contribution in [1.29, 1.82) is 0 Å². The maximum absolute atomic E-state index is 11.6. The van der Waals surface area contributed by atoms with Crippen LogP contribution in [0.3, 0.4) is 0 Å². The quantitative estimate of drug-likeness (QED) is 0.617. The molecule has 0 heterocycles. The fourth-order valence-electron chi connectivity index (χ4n) is 3.98. The van der Waals surface area contributed by atoms with Crippen molar-refractivity contribution in [3.05, 3.63) is 35.4 Å². The molecule has 0 radical (unpaired) electrons. The summed E-state index contributed by atoms with van der Waals surface area (Å²) in [6.45, 7) is 0. The van der Waals surface area contributed by atoms with Crippen molar-refractivity contribution >= 4 is 17.4 Å². The second-order valence-corrected chi connectivity index (χ2v) is 6.57. The molecule has 1 aromatic rings. The predicted molar refractivity (Wildman–Crippen MR) is 80.6 cm³/mol. The fraction of sp³-hybridized carbons (Fsp3) is 0.588. The van der Waals surface area contributed by atoms with Crippen LogP contribution in [0.15, 0.2) is 24.3 Å². The van der Waals surface area contributed by atoms with E-state index in [9.17, 15) is 4.79 Å². The minimum atomic E-state index is 0.00130. The van der Waals surface area contributed by atoms with E-state index >= 15 is 0 Å². The molecule has 0 aliphatic heterocycles. The summed E-state index contributed by atoms with van der Waals surface area (Å²) in [6.07, 6.45) is 7.07. The molecule has 3 aliphatic rings. The lowest BCUT2D eigenvalue weighted by atomic mass is 9.56. The molecule has 0 amide bonds. The first-order chi connectivity index (χ1) is 9.63. The normalized spacial score (nSPS) is 32.3. The molecule has 2 nitrogen and oxygen atoms in total. The summed E-state index contributed by atoms with van der Waals surface area (Å²) in [5.74, 6) is 0.0577. The molecule has 0 spiro atoms. The third-order valence-corrected chi connectivity index (χ3v) is 5.79. The Hall–Kier alpha value is -0.860. The average molecular weight is 293 g/mol. The minimum absolute atomic E-state index is 0.00130. The summed E-state index contributed by atoms with van der Waals surface area (Å²) in [4.78, 5) is 11.6. The Labute approximate surface area is 125 Å². The van der Waals surface area contributed by atoms with Gasteiger partial charge in [-0.2, -0.15) is 0 Å². The second-order valence-electron chi connectivity index (χ2n) is 6.30. The van der Waals surface area contributed by atoms with Gasteiger partial charge in [-0.25, -0.2) is 0 Å². The lowest BCUT2D eigenvalue weighted by molar-refractivity contribution is -0.0955. The van der Waals surface area contributed by atoms with Gasteiger partial charge in [0.1, 0.15) is 0 Å². The number of halogens is 1. The van der Waals surface area contributed by atoms with Gasteiger partial charge in [0, 0.05) is 12.7 Å². The molecule has 3 aliphatic carbocycles. The number of carbonyl (C=O) groups is 1. The third-order valence-electron chi connectivity index (χ3n) is 5.55. The molecule has 3 saturated carbocycles. The molecule has 4 rings (SSSR count). The molecule has 108 valence electrons. The van der Waals surface area contributed by atoms with Crippen molar-refractivity contribution in [2.45, 2.75) is 49.5 Å². The molecule has 20 heavy (non-hydrogen) atoms. The lowest BCUT2D eigenvalue weighted by Gasteiger charge is -2.53. The summed E-state index contributed by atoms with van der Waals surface area (Å²) < 4.78 is 5.75. The van der Waals surface area contributed by atoms with E-state index in [2.05, 4.69) is 12.1 Å². The van der Waals surface area contributed by atoms with Crippen LogP contribution in [0.5, 0.6) is 0 Å². The van der Waals surface area contributed by atoms with Crippen molar-refractivity contribution in [2.75, 3.05) is 13.0 Å². The first-order valence-electron chi connectivity index (χ1n) is 7.38. The molecule has 1 aromatic carbocycles. The van der Waals surface area contributed by atoms with Gasteiger partial charge in [0.05, 0.1) is 11.5 Å². The Morgan fingerprint density at radius 3 is 2.10 bits per heavy atom. The van der Waals surface area contributed by atoms with Crippen LogP contribution >= 0.6 is 11.6 Å². The maximum Gasteiger partial charge on any atom is 0.177 e. The lowest BCUT2D eigenvalue weighted by Crippen LogP contribution is -2.49.